The van der Waals surface area contributed by atoms with Crippen molar-refractivity contribution < 1.29 is 9.53 Å². The van der Waals surface area contributed by atoms with Gasteiger partial charge in [-0.1, -0.05) is 12.1 Å². The van der Waals surface area contributed by atoms with Gasteiger partial charge in [0, 0.05) is 68.5 Å². The lowest BCUT2D eigenvalue weighted by molar-refractivity contribution is 0.0827. The van der Waals surface area contributed by atoms with Crippen molar-refractivity contribution in [2.24, 2.45) is 0 Å². The number of fused-ring (bicyclic) bond motifs is 1. The van der Waals surface area contributed by atoms with E-state index >= 15 is 0 Å². The number of carbonyl (C=O) groups excluding carboxylic acids is 1. The summed E-state index contributed by atoms with van der Waals surface area (Å²) in [5.41, 5.74) is 4.64. The Morgan fingerprint density at radius 3 is 2.56 bits per heavy atom. The van der Waals surface area contributed by atoms with Crippen molar-refractivity contribution in [3.05, 3.63) is 59.9 Å². The van der Waals surface area contributed by atoms with Crippen LogP contribution in [0.4, 0.5) is 17.5 Å². The molecular weight excluding hydrogens is 404 g/mol. The maximum Gasteiger partial charge on any atom is 0.253 e. The molecule has 0 spiro atoms. The van der Waals surface area contributed by atoms with Crippen molar-refractivity contribution in [1.82, 2.24) is 19.9 Å². The van der Waals surface area contributed by atoms with Crippen molar-refractivity contribution in [2.75, 3.05) is 56.7 Å². The second kappa shape index (κ2) is 8.55. The third-order valence-electron chi connectivity index (χ3n) is 5.87. The zero-order chi connectivity index (χ0) is 22.1. The van der Waals surface area contributed by atoms with Gasteiger partial charge < -0.3 is 19.4 Å². The smallest absolute Gasteiger partial charge is 0.253 e. The largest absolute Gasteiger partial charge is 0.378 e. The minimum Gasteiger partial charge on any atom is -0.378 e. The highest BCUT2D eigenvalue weighted by molar-refractivity contribution is 5.95. The number of rotatable bonds is 4. The van der Waals surface area contributed by atoms with E-state index in [1.165, 1.54) is 0 Å². The van der Waals surface area contributed by atoms with Crippen LogP contribution in [0, 0.1) is 0 Å². The summed E-state index contributed by atoms with van der Waals surface area (Å²) in [6.07, 6.45) is 4.44. The Kier molecular flexibility index (Phi) is 5.45. The van der Waals surface area contributed by atoms with Crippen LogP contribution in [-0.2, 0) is 11.2 Å². The van der Waals surface area contributed by atoms with Crippen LogP contribution < -0.4 is 9.80 Å². The molecule has 1 fully saturated rings. The number of pyridine rings is 1. The van der Waals surface area contributed by atoms with Crippen LogP contribution in [0.5, 0.6) is 0 Å². The second-order valence-corrected chi connectivity index (χ2v) is 8.16. The lowest BCUT2D eigenvalue weighted by atomic mass is 10.0. The summed E-state index contributed by atoms with van der Waals surface area (Å²) < 4.78 is 5.53. The van der Waals surface area contributed by atoms with Gasteiger partial charge in [-0.25, -0.2) is 4.98 Å². The van der Waals surface area contributed by atoms with Gasteiger partial charge in [0.15, 0.2) is 0 Å². The van der Waals surface area contributed by atoms with E-state index in [9.17, 15) is 4.79 Å². The van der Waals surface area contributed by atoms with Crippen LogP contribution in [-0.4, -0.2) is 72.7 Å². The lowest BCUT2D eigenvalue weighted by Crippen LogP contribution is -2.37. The number of aromatic nitrogens is 3. The first-order chi connectivity index (χ1) is 15.6. The van der Waals surface area contributed by atoms with Crippen molar-refractivity contribution in [2.45, 2.75) is 6.42 Å². The van der Waals surface area contributed by atoms with Crippen LogP contribution in [0.15, 0.2) is 48.8 Å². The van der Waals surface area contributed by atoms with Gasteiger partial charge in [0.1, 0.15) is 5.82 Å². The van der Waals surface area contributed by atoms with Gasteiger partial charge in [-0.05, 0) is 30.7 Å². The molecule has 0 unspecified atom stereocenters. The van der Waals surface area contributed by atoms with E-state index in [4.69, 9.17) is 14.7 Å². The number of carbonyl (C=O) groups is 1. The molecule has 2 aromatic heterocycles. The van der Waals surface area contributed by atoms with Gasteiger partial charge in [-0.3, -0.25) is 9.78 Å². The van der Waals surface area contributed by atoms with Crippen molar-refractivity contribution >= 4 is 23.4 Å². The zero-order valence-corrected chi connectivity index (χ0v) is 18.4. The summed E-state index contributed by atoms with van der Waals surface area (Å²) in [6.45, 7) is 3.66. The minimum absolute atomic E-state index is 0.0237. The summed E-state index contributed by atoms with van der Waals surface area (Å²) in [4.78, 5) is 32.7. The molecule has 8 nitrogen and oxygen atoms in total. The molecule has 2 aliphatic rings. The van der Waals surface area contributed by atoms with Crippen LogP contribution in [0.3, 0.4) is 0 Å². The fourth-order valence-corrected chi connectivity index (χ4v) is 4.22. The Bertz CT molecular complexity index is 1130. The van der Waals surface area contributed by atoms with Crippen LogP contribution in [0.2, 0.25) is 0 Å². The molecule has 1 amide bonds. The van der Waals surface area contributed by atoms with Crippen molar-refractivity contribution in [1.29, 1.82) is 0 Å². The highest BCUT2D eigenvalue weighted by Crippen LogP contribution is 2.39. The van der Waals surface area contributed by atoms with Crippen LogP contribution in [0.1, 0.15) is 15.9 Å². The average molecular weight is 431 g/mol. The number of hydrogen-bond acceptors (Lipinski definition) is 7. The van der Waals surface area contributed by atoms with E-state index in [1.807, 2.05) is 36.4 Å². The van der Waals surface area contributed by atoms with E-state index < -0.39 is 0 Å². The normalized spacial score (nSPS) is 15.6. The monoisotopic (exact) mass is 430 g/mol. The molecule has 3 aromatic rings. The van der Waals surface area contributed by atoms with E-state index in [-0.39, 0.29) is 5.91 Å². The second-order valence-electron chi connectivity index (χ2n) is 8.16. The molecular formula is C24H26N6O2. The molecule has 1 saturated heterocycles. The summed E-state index contributed by atoms with van der Waals surface area (Å²) in [6, 6.07) is 11.7. The first-order valence-corrected chi connectivity index (χ1v) is 10.8. The summed E-state index contributed by atoms with van der Waals surface area (Å²) in [5.74, 6) is 1.60. The Balaban J connectivity index is 1.64. The topological polar surface area (TPSA) is 74.7 Å². The standard InChI is InChI=1S/C24H26N6O2/c1-28(2)23(31)18-5-3-4-17(16-18)21-20-8-11-30(19-6-9-25-10-7-19)22(20)27-24(26-21)29-12-14-32-15-13-29/h3-7,9-10,16H,8,11-15H2,1-2H3. The molecule has 0 saturated carbocycles. The van der Waals surface area contributed by atoms with Gasteiger partial charge in [-0.15, -0.1) is 0 Å². The molecule has 0 atom stereocenters. The van der Waals surface area contributed by atoms with E-state index in [0.29, 0.717) is 24.7 Å². The molecule has 0 radical (unpaired) electrons. The number of anilines is 3. The average Bonchev–Trinajstić information content (AvgIpc) is 3.28. The maximum atomic E-state index is 12.6. The number of morpholine rings is 1. The SMILES string of the molecule is CN(C)C(=O)c1cccc(-c2nc(N3CCOCC3)nc3c2CCN3c2ccncc2)c1. The van der Waals surface area contributed by atoms with Crippen LogP contribution >= 0.6 is 0 Å². The molecule has 8 heteroatoms. The molecule has 5 rings (SSSR count). The molecule has 0 N–H and O–H groups in total. The highest BCUT2D eigenvalue weighted by atomic mass is 16.5. The minimum atomic E-state index is -0.0237. The van der Waals surface area contributed by atoms with E-state index in [2.05, 4.69) is 14.8 Å². The fourth-order valence-electron chi connectivity index (χ4n) is 4.22. The molecule has 0 aliphatic carbocycles. The Hall–Kier alpha value is -3.52. The first kappa shape index (κ1) is 20.4. The Labute approximate surface area is 187 Å². The van der Waals surface area contributed by atoms with Crippen molar-refractivity contribution in [3.8, 4) is 11.3 Å². The number of amides is 1. The summed E-state index contributed by atoms with van der Waals surface area (Å²) >= 11 is 0. The lowest BCUT2D eigenvalue weighted by Gasteiger charge is -2.28. The van der Waals surface area contributed by atoms with Crippen LogP contribution in [0.25, 0.3) is 11.3 Å². The Morgan fingerprint density at radius 1 is 1.03 bits per heavy atom. The van der Waals surface area contributed by atoms with Gasteiger partial charge in [0.2, 0.25) is 5.95 Å². The molecule has 1 aromatic carbocycles. The summed E-state index contributed by atoms with van der Waals surface area (Å²) in [7, 11) is 3.53. The van der Waals surface area contributed by atoms with Gasteiger partial charge >= 0.3 is 0 Å². The molecule has 4 heterocycles. The predicted octanol–water partition coefficient (Wildman–Crippen LogP) is 2.77. The fraction of sp³-hybridized carbons (Fsp3) is 0.333. The third-order valence-corrected chi connectivity index (χ3v) is 5.87. The quantitative estimate of drug-likeness (QED) is 0.630. The van der Waals surface area contributed by atoms with Gasteiger partial charge in [0.05, 0.1) is 18.9 Å². The maximum absolute atomic E-state index is 12.6. The summed E-state index contributed by atoms with van der Waals surface area (Å²) in [5, 5.41) is 0. The zero-order valence-electron chi connectivity index (χ0n) is 18.4. The van der Waals surface area contributed by atoms with Crippen molar-refractivity contribution in [3.63, 3.8) is 0 Å². The number of benzene rings is 1. The molecule has 2 aliphatic heterocycles. The van der Waals surface area contributed by atoms with Gasteiger partial charge in [-0.2, -0.15) is 4.98 Å². The predicted molar refractivity (Wildman–Crippen MR) is 123 cm³/mol. The van der Waals surface area contributed by atoms with Gasteiger partial charge in [0.25, 0.3) is 5.91 Å². The van der Waals surface area contributed by atoms with E-state index in [0.717, 1.165) is 54.4 Å². The third kappa shape index (κ3) is 3.78. The highest BCUT2D eigenvalue weighted by Gasteiger charge is 2.29. The molecule has 32 heavy (non-hydrogen) atoms. The van der Waals surface area contributed by atoms with E-state index in [1.54, 1.807) is 31.4 Å². The number of ether oxygens (including phenoxy) is 1. The first-order valence-electron chi connectivity index (χ1n) is 10.8. The Morgan fingerprint density at radius 2 is 1.81 bits per heavy atom. The number of hydrogen-bond donors (Lipinski definition) is 0. The molecule has 0 bridgehead atoms. The molecule has 164 valence electrons. The number of nitrogens with zero attached hydrogens (tertiary/aromatic N) is 6.